The van der Waals surface area contributed by atoms with Crippen LogP contribution < -0.4 is 5.32 Å². The number of urea groups is 1. The number of hydroxylamine groups is 2. The molecule has 1 aromatic heterocycles. The Morgan fingerprint density at radius 1 is 1.28 bits per heavy atom. The van der Waals surface area contributed by atoms with Crippen molar-refractivity contribution in [1.29, 1.82) is 0 Å². The lowest BCUT2D eigenvalue weighted by Crippen LogP contribution is -2.35. The molecule has 3 saturated heterocycles. The maximum absolute atomic E-state index is 12.4. The van der Waals surface area contributed by atoms with Gasteiger partial charge in [0, 0.05) is 18.5 Å². The van der Waals surface area contributed by atoms with Gasteiger partial charge >= 0.3 is 16.4 Å². The van der Waals surface area contributed by atoms with Crippen molar-refractivity contribution < 1.29 is 26.6 Å². The van der Waals surface area contributed by atoms with Gasteiger partial charge in [-0.2, -0.15) is 13.5 Å². The molecular weight excluding hydrogens is 352 g/mol. The average molecular weight is 372 g/mol. The molecule has 2 atom stereocenters. The summed E-state index contributed by atoms with van der Waals surface area (Å²) in [6, 6.07) is 0.636. The highest BCUT2D eigenvalue weighted by molar-refractivity contribution is 7.80. The van der Waals surface area contributed by atoms with E-state index in [2.05, 4.69) is 14.8 Å². The third-order valence-corrected chi connectivity index (χ3v) is 5.48. The van der Waals surface area contributed by atoms with Gasteiger partial charge in [-0.25, -0.2) is 4.79 Å². The van der Waals surface area contributed by atoms with Crippen LogP contribution in [-0.4, -0.2) is 59.8 Å². The second kappa shape index (κ2) is 6.24. The molecule has 2 amide bonds. The van der Waals surface area contributed by atoms with Gasteiger partial charge in [0.2, 0.25) is 0 Å². The van der Waals surface area contributed by atoms with Crippen molar-refractivity contribution in [3.05, 3.63) is 17.5 Å². The van der Waals surface area contributed by atoms with Gasteiger partial charge < -0.3 is 14.7 Å². The van der Waals surface area contributed by atoms with Crippen LogP contribution in [0.25, 0.3) is 0 Å². The molecule has 1 aromatic rings. The number of fused-ring (bicyclic) bond motifs is 2. The first kappa shape index (κ1) is 16.8. The Kier molecular flexibility index (Phi) is 4.18. The topological polar surface area (TPSA) is 125 Å². The Hall–Kier alpha value is -1.69. The lowest BCUT2D eigenvalue weighted by atomic mass is 9.93. The van der Waals surface area contributed by atoms with Gasteiger partial charge in [0.15, 0.2) is 0 Å². The maximum atomic E-state index is 12.4. The summed E-state index contributed by atoms with van der Waals surface area (Å²) >= 11 is 0. The zero-order valence-corrected chi connectivity index (χ0v) is 14.3. The number of carbonyl (C=O) groups excluding carboxylic acids is 1. The molecule has 10 nitrogen and oxygen atoms in total. The third-order valence-electron chi connectivity index (χ3n) is 5.13. The van der Waals surface area contributed by atoms with E-state index in [1.807, 2.05) is 6.07 Å². The molecule has 2 bridgehead atoms. The number of hydrogen-bond donors (Lipinski definition) is 2. The smallest absolute Gasteiger partial charge is 0.361 e. The summed E-state index contributed by atoms with van der Waals surface area (Å²) in [7, 11) is -4.73. The fourth-order valence-corrected chi connectivity index (χ4v) is 4.29. The fraction of sp³-hybridized carbons (Fsp3) is 0.714. The van der Waals surface area contributed by atoms with Crippen molar-refractivity contribution in [2.75, 3.05) is 19.6 Å². The minimum Gasteiger partial charge on any atom is -0.361 e. The van der Waals surface area contributed by atoms with E-state index in [-0.39, 0.29) is 6.04 Å². The summed E-state index contributed by atoms with van der Waals surface area (Å²) in [5.41, 5.74) is 0.675. The second-order valence-corrected chi connectivity index (χ2v) is 7.69. The molecule has 2 unspecified atom stereocenters. The van der Waals surface area contributed by atoms with Gasteiger partial charge in [-0.15, -0.1) is 4.28 Å². The van der Waals surface area contributed by atoms with Gasteiger partial charge in [-0.3, -0.25) is 4.55 Å². The number of hydrogen-bond acceptors (Lipinski definition) is 7. The van der Waals surface area contributed by atoms with E-state index in [4.69, 9.17) is 9.08 Å². The number of rotatable bonds is 4. The Morgan fingerprint density at radius 2 is 2.04 bits per heavy atom. The van der Waals surface area contributed by atoms with Crippen LogP contribution in [0.15, 0.2) is 10.6 Å². The molecule has 4 rings (SSSR count). The SMILES string of the molecule is O=C1N2CC(CCC2c2cc(C3CCNCC3)on2)N1OS(=O)(=O)O. The van der Waals surface area contributed by atoms with Crippen LogP contribution in [0.3, 0.4) is 0 Å². The number of piperidine rings is 2. The standard InChI is InChI=1S/C14H20N4O6S/c19-14-17-8-10(18(14)24-25(20,21)22)1-2-12(17)11-7-13(23-16-11)9-3-5-15-6-4-9/h7,9-10,12,15H,1-6,8H2,(H,20,21,22). The highest BCUT2D eigenvalue weighted by Crippen LogP contribution is 2.39. The molecule has 3 fully saturated rings. The summed E-state index contributed by atoms with van der Waals surface area (Å²) in [5, 5.41) is 8.19. The molecule has 11 heteroatoms. The van der Waals surface area contributed by atoms with Crippen LogP contribution in [0.5, 0.6) is 0 Å². The van der Waals surface area contributed by atoms with E-state index >= 15 is 0 Å². The summed E-state index contributed by atoms with van der Waals surface area (Å²) in [6.07, 6.45) is 3.15. The minimum atomic E-state index is -4.73. The number of nitrogens with zero attached hydrogens (tertiary/aromatic N) is 3. The first-order valence-corrected chi connectivity index (χ1v) is 9.73. The van der Waals surface area contributed by atoms with E-state index in [1.54, 1.807) is 0 Å². The van der Waals surface area contributed by atoms with Crippen LogP contribution in [-0.2, 0) is 14.7 Å². The molecule has 0 radical (unpaired) electrons. The Morgan fingerprint density at radius 3 is 2.76 bits per heavy atom. The number of nitrogens with one attached hydrogen (secondary N) is 1. The van der Waals surface area contributed by atoms with Crippen molar-refractivity contribution in [3.8, 4) is 0 Å². The van der Waals surface area contributed by atoms with Gasteiger partial charge in [0.1, 0.15) is 11.5 Å². The summed E-state index contributed by atoms with van der Waals surface area (Å²) in [4.78, 5) is 14.0. The van der Waals surface area contributed by atoms with Crippen molar-refractivity contribution >= 4 is 16.4 Å². The van der Waals surface area contributed by atoms with Crippen LogP contribution in [0.1, 0.15) is 49.1 Å². The molecule has 0 aromatic carbocycles. The van der Waals surface area contributed by atoms with Crippen molar-refractivity contribution in [1.82, 2.24) is 20.4 Å². The van der Waals surface area contributed by atoms with E-state index < -0.39 is 22.5 Å². The Bertz CT molecular complexity index is 759. The summed E-state index contributed by atoms with van der Waals surface area (Å²) in [6.45, 7) is 2.21. The lowest BCUT2D eigenvalue weighted by molar-refractivity contribution is -0.0317. The minimum absolute atomic E-state index is 0.280. The van der Waals surface area contributed by atoms with Crippen LogP contribution >= 0.6 is 0 Å². The van der Waals surface area contributed by atoms with Gasteiger partial charge in [0.05, 0.1) is 12.1 Å². The second-order valence-electron chi connectivity index (χ2n) is 6.69. The molecule has 138 valence electrons. The molecule has 0 saturated carbocycles. The summed E-state index contributed by atoms with van der Waals surface area (Å²) < 4.78 is 40.7. The van der Waals surface area contributed by atoms with Gasteiger partial charge in [-0.05, 0) is 38.8 Å². The Balaban J connectivity index is 1.51. The third kappa shape index (κ3) is 3.24. The number of carbonyl (C=O) groups is 1. The van der Waals surface area contributed by atoms with Crippen LogP contribution in [0.4, 0.5) is 4.79 Å². The van der Waals surface area contributed by atoms with Crippen molar-refractivity contribution in [2.45, 2.75) is 43.7 Å². The zero-order valence-electron chi connectivity index (χ0n) is 13.5. The molecule has 0 spiro atoms. The predicted molar refractivity (Wildman–Crippen MR) is 83.7 cm³/mol. The van der Waals surface area contributed by atoms with Gasteiger partial charge in [0.25, 0.3) is 0 Å². The molecule has 3 aliphatic rings. The molecule has 2 N–H and O–H groups in total. The zero-order chi connectivity index (χ0) is 17.6. The molecule has 3 aliphatic heterocycles. The Labute approximate surface area is 145 Å². The largest absolute Gasteiger partial charge is 0.418 e. The molecule has 0 aliphatic carbocycles. The van der Waals surface area contributed by atoms with E-state index in [9.17, 15) is 13.2 Å². The first-order valence-electron chi connectivity index (χ1n) is 8.36. The van der Waals surface area contributed by atoms with Crippen molar-refractivity contribution in [2.24, 2.45) is 0 Å². The highest BCUT2D eigenvalue weighted by atomic mass is 32.3. The average Bonchev–Trinajstić information content (AvgIpc) is 3.16. The number of amides is 2. The van der Waals surface area contributed by atoms with Crippen molar-refractivity contribution in [3.63, 3.8) is 0 Å². The van der Waals surface area contributed by atoms with E-state index in [0.29, 0.717) is 31.0 Å². The van der Waals surface area contributed by atoms with E-state index in [1.165, 1.54) is 4.90 Å². The van der Waals surface area contributed by atoms with Gasteiger partial charge in [-0.1, -0.05) is 5.16 Å². The van der Waals surface area contributed by atoms with Crippen LogP contribution in [0.2, 0.25) is 0 Å². The van der Waals surface area contributed by atoms with E-state index in [0.717, 1.165) is 36.8 Å². The highest BCUT2D eigenvalue weighted by Gasteiger charge is 2.48. The maximum Gasteiger partial charge on any atom is 0.418 e. The fourth-order valence-electron chi connectivity index (χ4n) is 3.90. The normalized spacial score (nSPS) is 28.0. The van der Waals surface area contributed by atoms with Crippen LogP contribution in [0, 0.1) is 0 Å². The molecule has 4 heterocycles. The molecule has 25 heavy (non-hydrogen) atoms. The molecular formula is C14H20N4O6S. The monoisotopic (exact) mass is 372 g/mol. The summed E-state index contributed by atoms with van der Waals surface area (Å²) in [5.74, 6) is 1.16. The first-order chi connectivity index (χ1) is 11.9. The lowest BCUT2D eigenvalue weighted by Gasteiger charge is -2.28. The predicted octanol–water partition coefficient (Wildman–Crippen LogP) is 0.817. The number of aromatic nitrogens is 1. The quantitative estimate of drug-likeness (QED) is 0.744.